The Labute approximate surface area is 127 Å². The maximum atomic E-state index is 11.1. The van der Waals surface area contributed by atoms with E-state index < -0.39 is 10.0 Å². The summed E-state index contributed by atoms with van der Waals surface area (Å²) in [5.74, 6) is 1.38. The van der Waals surface area contributed by atoms with Crippen LogP contribution >= 0.6 is 0 Å². The van der Waals surface area contributed by atoms with Gasteiger partial charge in [0.2, 0.25) is 10.0 Å². The van der Waals surface area contributed by atoms with Crippen molar-refractivity contribution < 1.29 is 13.2 Å². The van der Waals surface area contributed by atoms with Gasteiger partial charge in [-0.2, -0.15) is 0 Å². The van der Waals surface area contributed by atoms with Crippen LogP contribution in [-0.2, 0) is 10.0 Å². The van der Waals surface area contributed by atoms with Crippen molar-refractivity contribution in [1.82, 2.24) is 9.62 Å². The fraction of sp³-hybridized carbons (Fsp3) is 0.600. The monoisotopic (exact) mass is 312 g/mol. The number of benzene rings is 1. The molecule has 118 valence electrons. The molecular weight excluding hydrogens is 288 g/mol. The molecule has 2 atom stereocenters. The van der Waals surface area contributed by atoms with Crippen molar-refractivity contribution in [3.8, 4) is 5.75 Å². The molecule has 0 radical (unpaired) electrons. The predicted molar refractivity (Wildman–Crippen MR) is 84.2 cm³/mol. The predicted octanol–water partition coefficient (Wildman–Crippen LogP) is 1.42. The van der Waals surface area contributed by atoms with Gasteiger partial charge in [0.15, 0.2) is 0 Å². The zero-order valence-corrected chi connectivity index (χ0v) is 13.7. The number of hydrogen-bond acceptors (Lipinski definition) is 4. The van der Waals surface area contributed by atoms with Crippen molar-refractivity contribution >= 4 is 10.0 Å². The van der Waals surface area contributed by atoms with E-state index >= 15 is 0 Å². The molecule has 1 aromatic rings. The summed E-state index contributed by atoms with van der Waals surface area (Å²) < 4.78 is 29.9. The average molecular weight is 312 g/mol. The van der Waals surface area contributed by atoms with Gasteiger partial charge in [0.1, 0.15) is 5.75 Å². The van der Waals surface area contributed by atoms with E-state index in [0.717, 1.165) is 25.3 Å². The molecule has 1 heterocycles. The first kappa shape index (κ1) is 16.3. The summed E-state index contributed by atoms with van der Waals surface area (Å²) in [6.07, 6.45) is 2.30. The minimum atomic E-state index is -3.10. The third-order valence-corrected chi connectivity index (χ3v) is 4.78. The SMILES string of the molecule is COc1ccc([C@@H]2C[C@@H](C)N(CCNS(C)(=O)=O)C2)cc1. The van der Waals surface area contributed by atoms with Gasteiger partial charge in [0, 0.05) is 25.7 Å². The fourth-order valence-electron chi connectivity index (χ4n) is 2.90. The van der Waals surface area contributed by atoms with Gasteiger partial charge in [-0.25, -0.2) is 13.1 Å². The number of sulfonamides is 1. The van der Waals surface area contributed by atoms with Crippen LogP contribution in [0.4, 0.5) is 0 Å². The molecule has 0 aromatic heterocycles. The van der Waals surface area contributed by atoms with Crippen LogP contribution < -0.4 is 9.46 Å². The molecule has 0 amide bonds. The molecule has 2 rings (SSSR count). The molecule has 1 saturated heterocycles. The highest BCUT2D eigenvalue weighted by molar-refractivity contribution is 7.88. The summed E-state index contributed by atoms with van der Waals surface area (Å²) in [7, 11) is -1.43. The number of likely N-dealkylation sites (tertiary alicyclic amines) is 1. The Morgan fingerprint density at radius 2 is 2.00 bits per heavy atom. The maximum absolute atomic E-state index is 11.1. The summed E-state index contributed by atoms with van der Waals surface area (Å²) in [4.78, 5) is 2.34. The van der Waals surface area contributed by atoms with Crippen LogP contribution in [0.5, 0.6) is 5.75 Å². The Morgan fingerprint density at radius 3 is 2.57 bits per heavy atom. The topological polar surface area (TPSA) is 58.6 Å². The molecule has 1 fully saturated rings. The number of hydrogen-bond donors (Lipinski definition) is 1. The normalized spacial score (nSPS) is 23.4. The smallest absolute Gasteiger partial charge is 0.208 e. The summed E-state index contributed by atoms with van der Waals surface area (Å²) in [6.45, 7) is 4.39. The quantitative estimate of drug-likeness (QED) is 0.863. The molecule has 0 bridgehead atoms. The Kier molecular flexibility index (Phi) is 5.24. The Morgan fingerprint density at radius 1 is 1.33 bits per heavy atom. The van der Waals surface area contributed by atoms with Crippen LogP contribution in [0, 0.1) is 0 Å². The first-order valence-corrected chi connectivity index (χ1v) is 9.11. The highest BCUT2D eigenvalue weighted by atomic mass is 32.2. The van der Waals surface area contributed by atoms with Gasteiger partial charge in [-0.1, -0.05) is 12.1 Å². The van der Waals surface area contributed by atoms with E-state index in [0.29, 0.717) is 18.5 Å². The van der Waals surface area contributed by atoms with Crippen LogP contribution in [0.2, 0.25) is 0 Å². The van der Waals surface area contributed by atoms with Crippen molar-refractivity contribution in [1.29, 1.82) is 0 Å². The van der Waals surface area contributed by atoms with Crippen molar-refractivity contribution in [2.75, 3.05) is 33.0 Å². The van der Waals surface area contributed by atoms with Crippen LogP contribution in [0.1, 0.15) is 24.8 Å². The molecule has 0 spiro atoms. The van der Waals surface area contributed by atoms with Crippen molar-refractivity contribution in [2.24, 2.45) is 0 Å². The fourth-order valence-corrected chi connectivity index (χ4v) is 3.36. The van der Waals surface area contributed by atoms with E-state index in [4.69, 9.17) is 4.74 Å². The zero-order valence-electron chi connectivity index (χ0n) is 12.9. The first-order valence-electron chi connectivity index (χ1n) is 7.21. The number of nitrogens with one attached hydrogen (secondary N) is 1. The number of ether oxygens (including phenoxy) is 1. The lowest BCUT2D eigenvalue weighted by atomic mass is 9.97. The van der Waals surface area contributed by atoms with E-state index in [-0.39, 0.29) is 0 Å². The first-order chi connectivity index (χ1) is 9.89. The summed E-state index contributed by atoms with van der Waals surface area (Å²) >= 11 is 0. The second-order valence-electron chi connectivity index (χ2n) is 5.72. The molecule has 5 nitrogen and oxygen atoms in total. The lowest BCUT2D eigenvalue weighted by Gasteiger charge is -2.20. The van der Waals surface area contributed by atoms with Gasteiger partial charge >= 0.3 is 0 Å². The molecule has 0 saturated carbocycles. The van der Waals surface area contributed by atoms with Gasteiger partial charge in [0.25, 0.3) is 0 Å². The van der Waals surface area contributed by atoms with Crippen LogP contribution in [0.3, 0.4) is 0 Å². The van der Waals surface area contributed by atoms with Crippen molar-refractivity contribution in [3.63, 3.8) is 0 Å². The second kappa shape index (κ2) is 6.77. The summed E-state index contributed by atoms with van der Waals surface area (Å²) in [5, 5.41) is 0. The van der Waals surface area contributed by atoms with Crippen LogP contribution in [0.15, 0.2) is 24.3 Å². The van der Waals surface area contributed by atoms with Crippen molar-refractivity contribution in [2.45, 2.75) is 25.3 Å². The molecule has 0 aliphatic carbocycles. The third kappa shape index (κ3) is 4.69. The maximum Gasteiger partial charge on any atom is 0.208 e. The molecule has 1 aliphatic rings. The Bertz CT molecular complexity index is 557. The lowest BCUT2D eigenvalue weighted by Crippen LogP contribution is -2.36. The average Bonchev–Trinajstić information content (AvgIpc) is 2.79. The molecule has 1 aromatic carbocycles. The van der Waals surface area contributed by atoms with Gasteiger partial charge in [-0.15, -0.1) is 0 Å². The minimum absolute atomic E-state index is 0.471. The van der Waals surface area contributed by atoms with Gasteiger partial charge < -0.3 is 4.74 Å². The zero-order chi connectivity index (χ0) is 15.5. The van der Waals surface area contributed by atoms with E-state index in [1.807, 2.05) is 12.1 Å². The van der Waals surface area contributed by atoms with Gasteiger partial charge in [-0.3, -0.25) is 4.90 Å². The standard InChI is InChI=1S/C15H24N2O3S/c1-12-10-14(13-4-6-15(20-2)7-5-13)11-17(12)9-8-16-21(3,18)19/h4-7,12,14,16H,8-11H2,1-3H3/t12-,14-/m1/s1. The molecule has 21 heavy (non-hydrogen) atoms. The van der Waals surface area contributed by atoms with E-state index in [9.17, 15) is 8.42 Å². The summed E-state index contributed by atoms with van der Waals surface area (Å²) in [5.41, 5.74) is 1.32. The highest BCUT2D eigenvalue weighted by Crippen LogP contribution is 2.32. The Balaban J connectivity index is 1.90. The minimum Gasteiger partial charge on any atom is -0.497 e. The van der Waals surface area contributed by atoms with E-state index in [1.54, 1.807) is 7.11 Å². The molecule has 0 unspecified atom stereocenters. The van der Waals surface area contributed by atoms with E-state index in [1.165, 1.54) is 11.8 Å². The van der Waals surface area contributed by atoms with Gasteiger partial charge in [0.05, 0.1) is 13.4 Å². The number of rotatable bonds is 6. The van der Waals surface area contributed by atoms with Crippen LogP contribution in [-0.4, -0.2) is 52.4 Å². The van der Waals surface area contributed by atoms with E-state index in [2.05, 4.69) is 28.7 Å². The third-order valence-electron chi connectivity index (χ3n) is 4.05. The molecule has 6 heteroatoms. The molecule has 1 N–H and O–H groups in total. The molecule has 1 aliphatic heterocycles. The largest absolute Gasteiger partial charge is 0.497 e. The van der Waals surface area contributed by atoms with Gasteiger partial charge in [-0.05, 0) is 37.0 Å². The second-order valence-corrected chi connectivity index (χ2v) is 7.55. The highest BCUT2D eigenvalue weighted by Gasteiger charge is 2.29. The number of methoxy groups -OCH3 is 1. The summed E-state index contributed by atoms with van der Waals surface area (Å²) in [6, 6.07) is 8.70. The number of nitrogens with zero attached hydrogens (tertiary/aromatic N) is 1. The van der Waals surface area contributed by atoms with Crippen LogP contribution in [0.25, 0.3) is 0 Å². The lowest BCUT2D eigenvalue weighted by molar-refractivity contribution is 0.272. The molecular formula is C15H24N2O3S. The Hall–Kier alpha value is -1.11. The van der Waals surface area contributed by atoms with Crippen molar-refractivity contribution in [3.05, 3.63) is 29.8 Å².